The lowest BCUT2D eigenvalue weighted by Gasteiger charge is -2.38. The molecule has 0 aromatic carbocycles. The normalized spacial score (nSPS) is 20.2. The minimum Gasteiger partial charge on any atom is -0.363 e. The van der Waals surface area contributed by atoms with Gasteiger partial charge in [0.2, 0.25) is 23.5 Å². The smallest absolute Gasteiger partial charge is 0.287 e. The largest absolute Gasteiger partial charge is 0.363 e. The third-order valence-corrected chi connectivity index (χ3v) is 9.36. The zero-order valence-corrected chi connectivity index (χ0v) is 29.0. The highest BCUT2D eigenvalue weighted by Gasteiger charge is 2.47. The molecule has 0 radical (unpaired) electrons. The lowest BCUT2D eigenvalue weighted by Crippen LogP contribution is -2.62. The van der Waals surface area contributed by atoms with Crippen molar-refractivity contribution >= 4 is 35.3 Å². The number of amides is 5. The molecule has 0 spiro atoms. The van der Waals surface area contributed by atoms with Crippen LogP contribution in [0.25, 0.3) is 0 Å². The van der Waals surface area contributed by atoms with Gasteiger partial charge in [0.25, 0.3) is 11.8 Å². The lowest BCUT2D eigenvalue weighted by molar-refractivity contribution is -0.146. The average molecular weight is 668 g/mol. The Morgan fingerprint density at radius 1 is 1.02 bits per heavy atom. The number of Topliss-reactive ketones (excluding diaryl/α,β-unsaturated/α-hetero) is 1. The Kier molecular flexibility index (Phi) is 13.8. The van der Waals surface area contributed by atoms with E-state index in [4.69, 9.17) is 5.73 Å². The molecule has 0 bridgehead atoms. The van der Waals surface area contributed by atoms with Gasteiger partial charge in [0.15, 0.2) is 0 Å². The molecule has 2 aliphatic rings. The summed E-state index contributed by atoms with van der Waals surface area (Å²) in [5, 5.41) is 8.54. The van der Waals surface area contributed by atoms with Crippen LogP contribution in [0.3, 0.4) is 0 Å². The Balaban J connectivity index is 1.91. The van der Waals surface area contributed by atoms with Crippen LogP contribution in [0.5, 0.6) is 0 Å². The van der Waals surface area contributed by atoms with E-state index in [1.807, 2.05) is 34.6 Å². The quantitative estimate of drug-likeness (QED) is 0.162. The Bertz CT molecular complexity index is 1340. The predicted molar refractivity (Wildman–Crippen MR) is 180 cm³/mol. The maximum absolute atomic E-state index is 14.5. The Hall–Kier alpha value is -4.16. The summed E-state index contributed by atoms with van der Waals surface area (Å²) >= 11 is 0. The van der Waals surface area contributed by atoms with E-state index < -0.39 is 64.9 Å². The fourth-order valence-electron chi connectivity index (χ4n) is 6.72. The maximum atomic E-state index is 14.5. The summed E-state index contributed by atoms with van der Waals surface area (Å²) in [5.41, 5.74) is 5.51. The second-order valence-corrected chi connectivity index (χ2v) is 14.3. The van der Waals surface area contributed by atoms with Crippen molar-refractivity contribution in [1.82, 2.24) is 30.8 Å². The number of aromatic nitrogens is 2. The van der Waals surface area contributed by atoms with Gasteiger partial charge in [-0.2, -0.15) is 0 Å². The van der Waals surface area contributed by atoms with Gasteiger partial charge < -0.3 is 26.6 Å². The molecule has 5 atom stereocenters. The molecule has 264 valence electrons. The molecule has 5 N–H and O–H groups in total. The van der Waals surface area contributed by atoms with Gasteiger partial charge in [-0.05, 0) is 62.7 Å². The van der Waals surface area contributed by atoms with Crippen LogP contribution in [0.15, 0.2) is 30.7 Å². The number of nitrogens with two attached hydrogens (primary N) is 1. The van der Waals surface area contributed by atoms with E-state index in [-0.39, 0.29) is 30.5 Å². The van der Waals surface area contributed by atoms with Crippen LogP contribution in [0.1, 0.15) is 109 Å². The zero-order chi connectivity index (χ0) is 35.6. The number of allylic oxidation sites excluding steroid dienone is 1. The molecule has 2 fully saturated rings. The molecular weight excluding hydrogens is 614 g/mol. The van der Waals surface area contributed by atoms with Gasteiger partial charge >= 0.3 is 0 Å². The molecule has 1 saturated heterocycles. The van der Waals surface area contributed by atoms with Crippen LogP contribution < -0.4 is 21.7 Å². The summed E-state index contributed by atoms with van der Waals surface area (Å²) in [4.78, 5) is 89.4. The third-order valence-electron chi connectivity index (χ3n) is 9.36. The summed E-state index contributed by atoms with van der Waals surface area (Å²) in [7, 11) is 0. The monoisotopic (exact) mass is 667 g/mol. The standard InChI is InChI=1S/C35H53N7O6/c1-7-11-24(28(43)30(36)44)39-33(47)27-23(15-14-21(2)3)16-19-42(27)34(48)29(35(4,5)6)41-32(46)26(22-12-9-8-10-13-22)40-31(45)25-20-37-17-18-38-25/h17-18,20,22-24,26-27,29H,2,7-16,19H2,1,3-6H3,(H2,36,44)(H,39,47)(H,40,45)(H,41,46)/t23-,24?,26-,27-,29+/m0/s1. The average Bonchev–Trinajstić information content (AvgIpc) is 3.48. The number of nitrogens with one attached hydrogen (secondary N) is 3. The van der Waals surface area contributed by atoms with Gasteiger partial charge in [-0.25, -0.2) is 4.98 Å². The maximum Gasteiger partial charge on any atom is 0.287 e. The molecule has 48 heavy (non-hydrogen) atoms. The molecule has 1 aromatic heterocycles. The van der Waals surface area contributed by atoms with E-state index in [0.717, 1.165) is 37.7 Å². The van der Waals surface area contributed by atoms with Crippen LogP contribution >= 0.6 is 0 Å². The van der Waals surface area contributed by atoms with Crippen molar-refractivity contribution in [3.05, 3.63) is 36.4 Å². The number of carbonyl (C=O) groups excluding carboxylic acids is 6. The van der Waals surface area contributed by atoms with Crippen molar-refractivity contribution in [2.75, 3.05) is 6.54 Å². The highest BCUT2D eigenvalue weighted by molar-refractivity contribution is 6.37. The van der Waals surface area contributed by atoms with Crippen LogP contribution in [-0.4, -0.2) is 80.9 Å². The van der Waals surface area contributed by atoms with Gasteiger partial charge in [-0.15, -0.1) is 6.58 Å². The van der Waals surface area contributed by atoms with Gasteiger partial charge in [0, 0.05) is 18.9 Å². The minimum absolute atomic E-state index is 0.0810. The highest BCUT2D eigenvalue weighted by atomic mass is 16.2. The summed E-state index contributed by atoms with van der Waals surface area (Å²) in [6.45, 7) is 13.4. The van der Waals surface area contributed by atoms with E-state index in [1.54, 1.807) is 0 Å². The molecule has 5 amide bonds. The van der Waals surface area contributed by atoms with Crippen molar-refractivity contribution in [2.45, 2.75) is 123 Å². The lowest BCUT2D eigenvalue weighted by atomic mass is 9.82. The van der Waals surface area contributed by atoms with Crippen molar-refractivity contribution in [1.29, 1.82) is 0 Å². The van der Waals surface area contributed by atoms with E-state index in [2.05, 4.69) is 32.5 Å². The predicted octanol–water partition coefficient (Wildman–Crippen LogP) is 2.60. The van der Waals surface area contributed by atoms with Crippen molar-refractivity contribution < 1.29 is 28.8 Å². The number of nitrogens with zero attached hydrogens (tertiary/aromatic N) is 3. The number of hydrogen-bond acceptors (Lipinski definition) is 8. The van der Waals surface area contributed by atoms with Gasteiger partial charge in [-0.1, -0.05) is 59.0 Å². The molecular formula is C35H53N7O6. The van der Waals surface area contributed by atoms with Crippen molar-refractivity contribution in [3.63, 3.8) is 0 Å². The first-order valence-electron chi connectivity index (χ1n) is 17.1. The fraction of sp³-hybridized carbons (Fsp3) is 0.657. The molecule has 1 aromatic rings. The number of rotatable bonds is 15. The molecule has 3 rings (SSSR count). The summed E-state index contributed by atoms with van der Waals surface area (Å²) in [6, 6.07) is -4.00. The van der Waals surface area contributed by atoms with Crippen molar-refractivity contribution in [2.24, 2.45) is 23.0 Å². The number of primary amides is 1. The number of carbonyl (C=O) groups is 6. The Morgan fingerprint density at radius 3 is 2.27 bits per heavy atom. The minimum atomic E-state index is -1.14. The summed E-state index contributed by atoms with van der Waals surface area (Å²) < 4.78 is 0. The van der Waals surface area contributed by atoms with Crippen LogP contribution in [0.2, 0.25) is 0 Å². The second-order valence-electron chi connectivity index (χ2n) is 14.3. The van der Waals surface area contributed by atoms with Gasteiger partial charge in [-0.3, -0.25) is 33.8 Å². The van der Waals surface area contributed by atoms with E-state index in [0.29, 0.717) is 25.7 Å². The van der Waals surface area contributed by atoms with Crippen molar-refractivity contribution in [3.8, 4) is 0 Å². The molecule has 1 aliphatic heterocycles. The second kappa shape index (κ2) is 17.3. The topological polar surface area (TPSA) is 194 Å². The zero-order valence-electron chi connectivity index (χ0n) is 29.0. The summed E-state index contributed by atoms with van der Waals surface area (Å²) in [6.07, 6.45) is 11.1. The number of ketones is 1. The van der Waals surface area contributed by atoms with Gasteiger partial charge in [0.05, 0.1) is 12.2 Å². The van der Waals surface area contributed by atoms with Crippen LogP contribution in [0, 0.1) is 17.3 Å². The number of hydrogen-bond donors (Lipinski definition) is 4. The molecule has 1 aliphatic carbocycles. The first kappa shape index (κ1) is 38.3. The first-order valence-corrected chi connectivity index (χ1v) is 17.1. The SMILES string of the molecule is C=C(C)CC[C@H]1CCN(C(=O)[C@@H](NC(=O)[C@@H](NC(=O)c2cnccn2)C2CCCCC2)C(C)(C)C)[C@@H]1C(=O)NC(CCC)C(=O)C(N)=O. The van der Waals surface area contributed by atoms with Crippen LogP contribution in [0.4, 0.5) is 0 Å². The molecule has 2 heterocycles. The Morgan fingerprint density at radius 2 is 1.71 bits per heavy atom. The first-order chi connectivity index (χ1) is 22.6. The third kappa shape index (κ3) is 10.2. The Labute approximate surface area is 283 Å². The van der Waals surface area contributed by atoms with E-state index in [9.17, 15) is 28.8 Å². The molecule has 1 unspecified atom stereocenters. The molecule has 13 heteroatoms. The fourth-order valence-corrected chi connectivity index (χ4v) is 6.72. The number of likely N-dealkylation sites (tertiary alicyclic amines) is 1. The van der Waals surface area contributed by atoms with E-state index >= 15 is 0 Å². The highest BCUT2D eigenvalue weighted by Crippen LogP contribution is 2.33. The van der Waals surface area contributed by atoms with E-state index in [1.165, 1.54) is 23.5 Å². The molecule has 1 saturated carbocycles. The summed E-state index contributed by atoms with van der Waals surface area (Å²) in [5.74, 6) is -4.41. The molecule has 13 nitrogen and oxygen atoms in total. The van der Waals surface area contributed by atoms with Gasteiger partial charge in [0.1, 0.15) is 23.8 Å². The van der Waals surface area contributed by atoms with Crippen LogP contribution in [-0.2, 0) is 24.0 Å².